The van der Waals surface area contributed by atoms with Crippen molar-refractivity contribution in [2.45, 2.75) is 6.10 Å². The maximum absolute atomic E-state index is 6.26. The Balaban J connectivity index is 1.53. The van der Waals surface area contributed by atoms with Crippen LogP contribution >= 0.6 is 11.6 Å². The summed E-state index contributed by atoms with van der Waals surface area (Å²) >= 11 is 6.26. The summed E-state index contributed by atoms with van der Waals surface area (Å²) in [6.07, 6.45) is 3.85. The Hall–Kier alpha value is -2.73. The first-order valence-corrected chi connectivity index (χ1v) is 10.1. The number of para-hydroxylation sites is 1. The highest BCUT2D eigenvalue weighted by Gasteiger charge is 2.22. The van der Waals surface area contributed by atoms with E-state index in [0.717, 1.165) is 51.9 Å². The Morgan fingerprint density at radius 3 is 2.83 bits per heavy atom. The maximum atomic E-state index is 6.26. The lowest BCUT2D eigenvalue weighted by molar-refractivity contribution is 0.0250. The van der Waals surface area contributed by atoms with Gasteiger partial charge in [0.15, 0.2) is 0 Å². The van der Waals surface area contributed by atoms with Crippen LogP contribution in [-0.2, 0) is 4.74 Å². The molecule has 2 aromatic carbocycles. The number of fused-ring (bicyclic) bond motifs is 1. The minimum atomic E-state index is 0.00600. The molecule has 0 bridgehead atoms. The van der Waals surface area contributed by atoms with E-state index in [1.807, 2.05) is 36.7 Å². The van der Waals surface area contributed by atoms with E-state index in [9.17, 15) is 0 Å². The SMILES string of the molecule is Clc1cccc(-c2cccc3c2N(c2ccc(C4CNCCO4)nc2)CN=C3)c1. The van der Waals surface area contributed by atoms with Crippen LogP contribution in [0.15, 0.2) is 65.8 Å². The van der Waals surface area contributed by atoms with E-state index < -0.39 is 0 Å². The maximum Gasteiger partial charge on any atom is 0.115 e. The predicted octanol–water partition coefficient (Wildman–Crippen LogP) is 4.59. The molecule has 0 aliphatic carbocycles. The molecule has 146 valence electrons. The molecule has 5 nitrogen and oxygen atoms in total. The van der Waals surface area contributed by atoms with E-state index >= 15 is 0 Å². The highest BCUT2D eigenvalue weighted by molar-refractivity contribution is 6.30. The third-order valence-electron chi connectivity index (χ3n) is 5.27. The lowest BCUT2D eigenvalue weighted by atomic mass is 9.98. The Morgan fingerprint density at radius 1 is 1.10 bits per heavy atom. The largest absolute Gasteiger partial charge is 0.369 e. The number of rotatable bonds is 3. The number of aromatic nitrogens is 1. The van der Waals surface area contributed by atoms with Crippen LogP contribution in [-0.4, -0.2) is 37.6 Å². The summed E-state index contributed by atoms with van der Waals surface area (Å²) in [6.45, 7) is 2.95. The molecule has 3 heterocycles. The first kappa shape index (κ1) is 18.3. The third kappa shape index (κ3) is 3.65. The number of benzene rings is 2. The average Bonchev–Trinajstić information content (AvgIpc) is 2.79. The van der Waals surface area contributed by atoms with Crippen LogP contribution in [0.5, 0.6) is 0 Å². The molecule has 1 N–H and O–H groups in total. The Kier molecular flexibility index (Phi) is 5.02. The van der Waals surface area contributed by atoms with Crippen molar-refractivity contribution in [3.63, 3.8) is 0 Å². The van der Waals surface area contributed by atoms with E-state index in [2.05, 4.69) is 50.5 Å². The van der Waals surface area contributed by atoms with Crippen molar-refractivity contribution in [2.24, 2.45) is 4.99 Å². The van der Waals surface area contributed by atoms with Crippen molar-refractivity contribution in [3.8, 4) is 11.1 Å². The number of halogens is 1. The van der Waals surface area contributed by atoms with Crippen LogP contribution in [0.3, 0.4) is 0 Å². The molecule has 0 spiro atoms. The van der Waals surface area contributed by atoms with Gasteiger partial charge in [0, 0.05) is 35.5 Å². The number of aliphatic imine (C=N–C) groups is 1. The van der Waals surface area contributed by atoms with Crippen LogP contribution in [0.2, 0.25) is 5.02 Å². The Morgan fingerprint density at radius 2 is 2.03 bits per heavy atom. The zero-order chi connectivity index (χ0) is 19.6. The summed E-state index contributed by atoms with van der Waals surface area (Å²) in [7, 11) is 0. The molecule has 2 aliphatic heterocycles. The number of morpholine rings is 1. The standard InChI is InChI=1S/C23H21ClN4O/c24-18-5-1-3-16(11-18)20-6-2-4-17-12-26-15-28(23(17)20)19-7-8-21(27-13-19)22-14-25-9-10-29-22/h1-8,11-13,22,25H,9-10,14-15H2. The Labute approximate surface area is 175 Å². The van der Waals surface area contributed by atoms with Gasteiger partial charge in [-0.3, -0.25) is 9.98 Å². The Bertz CT molecular complexity index is 1040. The number of pyridine rings is 1. The summed E-state index contributed by atoms with van der Waals surface area (Å²) < 4.78 is 5.82. The van der Waals surface area contributed by atoms with Crippen molar-refractivity contribution in [2.75, 3.05) is 31.3 Å². The van der Waals surface area contributed by atoms with Crippen molar-refractivity contribution in [3.05, 3.63) is 77.1 Å². The molecule has 2 aliphatic rings. The summed E-state index contributed by atoms with van der Waals surface area (Å²) in [4.78, 5) is 11.4. The van der Waals surface area contributed by atoms with Gasteiger partial charge in [0.2, 0.25) is 0 Å². The smallest absolute Gasteiger partial charge is 0.115 e. The normalized spacial score (nSPS) is 18.5. The zero-order valence-electron chi connectivity index (χ0n) is 15.9. The number of nitrogens with zero attached hydrogens (tertiary/aromatic N) is 3. The molecule has 5 rings (SSSR count). The van der Waals surface area contributed by atoms with Gasteiger partial charge >= 0.3 is 0 Å². The second kappa shape index (κ2) is 7.95. The van der Waals surface area contributed by atoms with Gasteiger partial charge in [-0.2, -0.15) is 0 Å². The van der Waals surface area contributed by atoms with Crippen LogP contribution in [0.25, 0.3) is 11.1 Å². The molecule has 0 radical (unpaired) electrons. The summed E-state index contributed by atoms with van der Waals surface area (Å²) in [6, 6.07) is 18.4. The number of hydrogen-bond donors (Lipinski definition) is 1. The van der Waals surface area contributed by atoms with Gasteiger partial charge in [-0.15, -0.1) is 0 Å². The van der Waals surface area contributed by atoms with Gasteiger partial charge in [-0.05, 0) is 29.8 Å². The van der Waals surface area contributed by atoms with Crippen LogP contribution < -0.4 is 10.2 Å². The molecule has 3 aromatic rings. The quantitative estimate of drug-likeness (QED) is 0.693. The molecule has 0 amide bonds. The molecule has 1 unspecified atom stereocenters. The lowest BCUT2D eigenvalue weighted by Gasteiger charge is -2.30. The van der Waals surface area contributed by atoms with Crippen LogP contribution in [0.1, 0.15) is 17.4 Å². The van der Waals surface area contributed by atoms with Crippen molar-refractivity contribution >= 4 is 29.2 Å². The van der Waals surface area contributed by atoms with Crippen molar-refractivity contribution in [1.29, 1.82) is 0 Å². The second-order valence-corrected chi connectivity index (χ2v) is 7.58. The van der Waals surface area contributed by atoms with Gasteiger partial charge in [0.05, 0.1) is 29.9 Å². The highest BCUT2D eigenvalue weighted by atomic mass is 35.5. The fraction of sp³-hybridized carbons (Fsp3) is 0.217. The summed E-state index contributed by atoms with van der Waals surface area (Å²) in [5, 5.41) is 4.07. The van der Waals surface area contributed by atoms with Gasteiger partial charge in [0.25, 0.3) is 0 Å². The predicted molar refractivity (Wildman–Crippen MR) is 117 cm³/mol. The molecular weight excluding hydrogens is 384 g/mol. The van der Waals surface area contributed by atoms with Gasteiger partial charge in [-0.25, -0.2) is 0 Å². The molecule has 1 fully saturated rings. The minimum absolute atomic E-state index is 0.00600. The van der Waals surface area contributed by atoms with E-state index in [1.165, 1.54) is 0 Å². The van der Waals surface area contributed by atoms with E-state index in [1.54, 1.807) is 0 Å². The average molecular weight is 405 g/mol. The number of anilines is 2. The zero-order valence-corrected chi connectivity index (χ0v) is 16.6. The molecular formula is C23H21ClN4O. The number of ether oxygens (including phenoxy) is 1. The summed E-state index contributed by atoms with van der Waals surface area (Å²) in [5.74, 6) is 0. The molecule has 29 heavy (non-hydrogen) atoms. The fourth-order valence-electron chi connectivity index (χ4n) is 3.86. The number of nitrogens with one attached hydrogen (secondary N) is 1. The fourth-order valence-corrected chi connectivity index (χ4v) is 4.05. The molecule has 1 saturated heterocycles. The molecule has 1 aromatic heterocycles. The van der Waals surface area contributed by atoms with E-state index in [0.29, 0.717) is 13.3 Å². The lowest BCUT2D eigenvalue weighted by Crippen LogP contribution is -2.33. The minimum Gasteiger partial charge on any atom is -0.369 e. The van der Waals surface area contributed by atoms with Crippen LogP contribution in [0.4, 0.5) is 11.4 Å². The molecule has 1 atom stereocenters. The van der Waals surface area contributed by atoms with Gasteiger partial charge in [0.1, 0.15) is 12.8 Å². The van der Waals surface area contributed by atoms with E-state index in [-0.39, 0.29) is 6.10 Å². The number of hydrogen-bond acceptors (Lipinski definition) is 5. The monoisotopic (exact) mass is 404 g/mol. The molecule has 6 heteroatoms. The topological polar surface area (TPSA) is 49.8 Å². The third-order valence-corrected chi connectivity index (χ3v) is 5.50. The second-order valence-electron chi connectivity index (χ2n) is 7.14. The first-order valence-electron chi connectivity index (χ1n) is 9.74. The molecule has 0 saturated carbocycles. The first-order chi connectivity index (χ1) is 14.3. The van der Waals surface area contributed by atoms with E-state index in [4.69, 9.17) is 16.3 Å². The summed E-state index contributed by atoms with van der Waals surface area (Å²) in [5.41, 5.74) is 6.36. The van der Waals surface area contributed by atoms with Crippen molar-refractivity contribution in [1.82, 2.24) is 10.3 Å². The van der Waals surface area contributed by atoms with Gasteiger partial charge in [-0.1, -0.05) is 41.9 Å². The highest BCUT2D eigenvalue weighted by Crippen LogP contribution is 2.39. The van der Waals surface area contributed by atoms with Crippen molar-refractivity contribution < 1.29 is 4.74 Å². The van der Waals surface area contributed by atoms with Gasteiger partial charge < -0.3 is 15.0 Å². The van der Waals surface area contributed by atoms with Crippen LogP contribution in [0, 0.1) is 0 Å².